The number of hydrogen-bond acceptors (Lipinski definition) is 5. The lowest BCUT2D eigenvalue weighted by Crippen LogP contribution is -2.51. The third kappa shape index (κ3) is 4.33. The number of hydrogen-bond donors (Lipinski definition) is 1. The number of aromatic nitrogens is 3. The Morgan fingerprint density at radius 3 is 2.68 bits per heavy atom. The van der Waals surface area contributed by atoms with Crippen molar-refractivity contribution in [1.29, 1.82) is 0 Å². The van der Waals surface area contributed by atoms with E-state index in [0.29, 0.717) is 25.0 Å². The fourth-order valence-corrected chi connectivity index (χ4v) is 5.63. The van der Waals surface area contributed by atoms with Crippen molar-refractivity contribution in [3.8, 4) is 0 Å². The molecule has 3 aromatic rings. The largest absolute Gasteiger partial charge is 0.351 e. The Hall–Kier alpha value is -2.78. The minimum Gasteiger partial charge on any atom is -0.351 e. The van der Waals surface area contributed by atoms with Crippen LogP contribution in [-0.4, -0.2) is 46.2 Å². The lowest BCUT2D eigenvalue weighted by Gasteiger charge is -2.33. The number of benzene rings is 2. The molecule has 1 aromatic heterocycles. The first-order valence-electron chi connectivity index (χ1n) is 10.6. The van der Waals surface area contributed by atoms with Crippen LogP contribution in [0.3, 0.4) is 0 Å². The molecule has 8 nitrogen and oxygen atoms in total. The molecule has 1 fully saturated rings. The molecular weight excluding hydrogens is 414 g/mol. The number of carbonyl (C=O) groups excluding carboxylic acids is 1. The van der Waals surface area contributed by atoms with Crippen molar-refractivity contribution in [2.24, 2.45) is 0 Å². The molecular formula is C22H27N5O3S. The Balaban J connectivity index is 1.57. The highest BCUT2D eigenvalue weighted by molar-refractivity contribution is 7.89. The average molecular weight is 442 g/mol. The van der Waals surface area contributed by atoms with Crippen molar-refractivity contribution in [1.82, 2.24) is 24.6 Å². The average Bonchev–Trinajstić information content (AvgIpc) is 3.22. The van der Waals surface area contributed by atoms with Gasteiger partial charge < -0.3 is 5.32 Å². The summed E-state index contributed by atoms with van der Waals surface area (Å²) in [6, 6.07) is 13.8. The number of nitrogens with one attached hydrogen (secondary N) is 1. The predicted octanol–water partition coefficient (Wildman–Crippen LogP) is 2.87. The van der Waals surface area contributed by atoms with Crippen molar-refractivity contribution in [3.05, 3.63) is 54.1 Å². The van der Waals surface area contributed by atoms with Gasteiger partial charge in [-0.05, 0) is 50.5 Å². The molecule has 4 rings (SSSR count). The van der Waals surface area contributed by atoms with Gasteiger partial charge in [-0.3, -0.25) is 4.79 Å². The third-order valence-corrected chi connectivity index (χ3v) is 7.51. The van der Waals surface area contributed by atoms with E-state index >= 15 is 0 Å². The standard InChI is InChI=1S/C22H27N5O3S/c1-16(2)27-20-12-11-18(14-19(20)24-25-27)31(29,30)26-13-7-6-10-21(26)22(28)23-15-17-8-4-3-5-9-17/h3-5,8-9,11-12,14,16,21H,6-7,10,13,15H2,1-2H3,(H,23,28)/t21-/m1/s1. The van der Waals surface area contributed by atoms with E-state index in [2.05, 4.69) is 15.6 Å². The first kappa shape index (κ1) is 21.5. The summed E-state index contributed by atoms with van der Waals surface area (Å²) >= 11 is 0. The SMILES string of the molecule is CC(C)n1nnc2cc(S(=O)(=O)N3CCCC[C@@H]3C(=O)NCc3ccccc3)ccc21. The monoisotopic (exact) mass is 441 g/mol. The normalized spacial score (nSPS) is 17.8. The molecule has 1 aliphatic heterocycles. The number of piperidine rings is 1. The van der Waals surface area contributed by atoms with Crippen LogP contribution in [0.1, 0.15) is 44.7 Å². The van der Waals surface area contributed by atoms with Gasteiger partial charge >= 0.3 is 0 Å². The molecule has 1 saturated heterocycles. The van der Waals surface area contributed by atoms with E-state index in [0.717, 1.165) is 23.9 Å². The van der Waals surface area contributed by atoms with E-state index in [4.69, 9.17) is 0 Å². The fraction of sp³-hybridized carbons (Fsp3) is 0.409. The first-order chi connectivity index (χ1) is 14.9. The highest BCUT2D eigenvalue weighted by Gasteiger charge is 2.37. The van der Waals surface area contributed by atoms with Gasteiger partial charge in [0.15, 0.2) is 0 Å². The van der Waals surface area contributed by atoms with Crippen LogP contribution in [0.15, 0.2) is 53.4 Å². The van der Waals surface area contributed by atoms with Crippen LogP contribution < -0.4 is 5.32 Å². The van der Waals surface area contributed by atoms with E-state index < -0.39 is 16.1 Å². The molecule has 0 unspecified atom stereocenters. The zero-order chi connectivity index (χ0) is 22.0. The van der Waals surface area contributed by atoms with Crippen molar-refractivity contribution in [2.45, 2.75) is 56.6 Å². The van der Waals surface area contributed by atoms with Crippen LogP contribution in [0.25, 0.3) is 11.0 Å². The van der Waals surface area contributed by atoms with Crippen molar-refractivity contribution >= 4 is 27.0 Å². The highest BCUT2D eigenvalue weighted by atomic mass is 32.2. The predicted molar refractivity (Wildman–Crippen MR) is 118 cm³/mol. The second-order valence-electron chi connectivity index (χ2n) is 8.11. The number of sulfonamides is 1. The van der Waals surface area contributed by atoms with Gasteiger partial charge in [0.2, 0.25) is 15.9 Å². The smallest absolute Gasteiger partial charge is 0.243 e. The van der Waals surface area contributed by atoms with E-state index in [1.54, 1.807) is 22.9 Å². The maximum atomic E-state index is 13.5. The second-order valence-corrected chi connectivity index (χ2v) is 10.00. The van der Waals surface area contributed by atoms with E-state index in [1.807, 2.05) is 44.2 Å². The molecule has 9 heteroatoms. The molecule has 2 heterocycles. The zero-order valence-electron chi connectivity index (χ0n) is 17.7. The molecule has 0 saturated carbocycles. The molecule has 0 aliphatic carbocycles. The van der Waals surface area contributed by atoms with Gasteiger partial charge in [0.1, 0.15) is 11.6 Å². The summed E-state index contributed by atoms with van der Waals surface area (Å²) in [5, 5.41) is 11.1. The van der Waals surface area contributed by atoms with Crippen LogP contribution >= 0.6 is 0 Å². The summed E-state index contributed by atoms with van der Waals surface area (Å²) < 4.78 is 30.0. The molecule has 1 amide bonds. The molecule has 0 bridgehead atoms. The Morgan fingerprint density at radius 1 is 1.16 bits per heavy atom. The van der Waals surface area contributed by atoms with E-state index in [-0.39, 0.29) is 16.8 Å². The number of nitrogens with zero attached hydrogens (tertiary/aromatic N) is 4. The molecule has 31 heavy (non-hydrogen) atoms. The second kappa shape index (κ2) is 8.76. The molecule has 164 valence electrons. The van der Waals surface area contributed by atoms with E-state index in [9.17, 15) is 13.2 Å². The van der Waals surface area contributed by atoms with Crippen LogP contribution in [0, 0.1) is 0 Å². The molecule has 1 aliphatic rings. The van der Waals surface area contributed by atoms with Crippen LogP contribution in [0.2, 0.25) is 0 Å². The fourth-order valence-electron chi connectivity index (χ4n) is 3.96. The Labute approximate surface area is 182 Å². The quantitative estimate of drug-likeness (QED) is 0.634. The van der Waals surface area contributed by atoms with Gasteiger partial charge in [-0.2, -0.15) is 4.31 Å². The topological polar surface area (TPSA) is 97.2 Å². The summed E-state index contributed by atoms with van der Waals surface area (Å²) in [6.45, 7) is 4.67. The molecule has 1 N–H and O–H groups in total. The van der Waals surface area contributed by atoms with Crippen molar-refractivity contribution < 1.29 is 13.2 Å². The number of amides is 1. The molecule has 0 spiro atoms. The summed E-state index contributed by atoms with van der Waals surface area (Å²) in [4.78, 5) is 13.0. The van der Waals surface area contributed by atoms with Crippen LogP contribution in [0.4, 0.5) is 0 Å². The summed E-state index contributed by atoms with van der Waals surface area (Å²) in [6.07, 6.45) is 2.05. The van der Waals surface area contributed by atoms with Crippen molar-refractivity contribution in [3.63, 3.8) is 0 Å². The van der Waals surface area contributed by atoms with E-state index in [1.165, 1.54) is 4.31 Å². The maximum Gasteiger partial charge on any atom is 0.243 e. The minimum atomic E-state index is -3.85. The molecule has 1 atom stereocenters. The number of carbonyl (C=O) groups is 1. The summed E-state index contributed by atoms with van der Waals surface area (Å²) in [5.41, 5.74) is 2.28. The lowest BCUT2D eigenvalue weighted by molar-refractivity contribution is -0.125. The number of fused-ring (bicyclic) bond motifs is 1. The van der Waals surface area contributed by atoms with Crippen LogP contribution in [0.5, 0.6) is 0 Å². The lowest BCUT2D eigenvalue weighted by atomic mass is 10.0. The Kier molecular flexibility index (Phi) is 6.06. The third-order valence-electron chi connectivity index (χ3n) is 5.60. The van der Waals surface area contributed by atoms with Gasteiger partial charge in [0.05, 0.1) is 10.4 Å². The van der Waals surface area contributed by atoms with Gasteiger partial charge in [-0.1, -0.05) is 42.0 Å². The van der Waals surface area contributed by atoms with Gasteiger partial charge in [0, 0.05) is 19.1 Å². The van der Waals surface area contributed by atoms with Crippen molar-refractivity contribution in [2.75, 3.05) is 6.54 Å². The minimum absolute atomic E-state index is 0.118. The highest BCUT2D eigenvalue weighted by Crippen LogP contribution is 2.28. The zero-order valence-corrected chi connectivity index (χ0v) is 18.5. The van der Waals surface area contributed by atoms with Gasteiger partial charge in [-0.25, -0.2) is 13.1 Å². The van der Waals surface area contributed by atoms with Crippen LogP contribution in [-0.2, 0) is 21.4 Å². The Bertz CT molecular complexity index is 1170. The first-order valence-corrected chi connectivity index (χ1v) is 12.0. The summed E-state index contributed by atoms with van der Waals surface area (Å²) in [5.74, 6) is -0.265. The molecule has 2 aromatic carbocycles. The number of rotatable bonds is 6. The van der Waals surface area contributed by atoms with Gasteiger partial charge in [-0.15, -0.1) is 5.10 Å². The summed E-state index contributed by atoms with van der Waals surface area (Å²) in [7, 11) is -3.85. The Morgan fingerprint density at radius 2 is 1.94 bits per heavy atom. The maximum absolute atomic E-state index is 13.5. The molecule has 0 radical (unpaired) electrons. The van der Waals surface area contributed by atoms with Gasteiger partial charge in [0.25, 0.3) is 0 Å².